The Hall–Kier alpha value is -3.18. The minimum absolute atomic E-state index is 0.0338. The highest BCUT2D eigenvalue weighted by Crippen LogP contribution is 2.37. The van der Waals surface area contributed by atoms with Crippen molar-refractivity contribution in [3.05, 3.63) is 95.2 Å². The van der Waals surface area contributed by atoms with E-state index in [1.165, 1.54) is 36.8 Å². The zero-order valence-corrected chi connectivity index (χ0v) is 22.4. The number of nitrogens with zero attached hydrogens (tertiary/aromatic N) is 2. The molecule has 3 aromatic carbocycles. The fourth-order valence-corrected chi connectivity index (χ4v) is 5.19. The molecule has 184 valence electrons. The standard InChI is InChI=1S/C24H16BrCl2N3O5S/c1-34-20-7-13(6-18(25)23(20)35-12-14-2-3-16(26)10-19(14)27)11-28-29-24(31)22-9-15-8-17(30(32)33)4-5-21(15)36-22/h2-11H,12H2,1H3,(H,29,31)/b28-11-. The van der Waals surface area contributed by atoms with Gasteiger partial charge in [-0.25, -0.2) is 5.43 Å². The first-order valence-electron chi connectivity index (χ1n) is 10.2. The predicted octanol–water partition coefficient (Wildman–Crippen LogP) is 7.23. The highest BCUT2D eigenvalue weighted by molar-refractivity contribution is 9.10. The lowest BCUT2D eigenvalue weighted by molar-refractivity contribution is -0.384. The Morgan fingerprint density at radius 1 is 1.19 bits per heavy atom. The normalized spacial score (nSPS) is 11.1. The van der Waals surface area contributed by atoms with Crippen LogP contribution in [0.2, 0.25) is 10.0 Å². The number of benzene rings is 3. The second kappa shape index (κ2) is 11.3. The Balaban J connectivity index is 1.45. The summed E-state index contributed by atoms with van der Waals surface area (Å²) in [5.74, 6) is 0.498. The number of hydrogen-bond acceptors (Lipinski definition) is 7. The van der Waals surface area contributed by atoms with Gasteiger partial charge in [-0.2, -0.15) is 5.10 Å². The van der Waals surface area contributed by atoms with Crippen molar-refractivity contribution in [3.8, 4) is 11.5 Å². The zero-order chi connectivity index (χ0) is 25.8. The van der Waals surface area contributed by atoms with Gasteiger partial charge in [-0.1, -0.05) is 29.3 Å². The van der Waals surface area contributed by atoms with Crippen LogP contribution >= 0.6 is 50.5 Å². The monoisotopic (exact) mass is 607 g/mol. The van der Waals surface area contributed by atoms with E-state index in [1.54, 1.807) is 42.5 Å². The number of carbonyl (C=O) groups excluding carboxylic acids is 1. The third-order valence-corrected chi connectivity index (χ3v) is 7.24. The van der Waals surface area contributed by atoms with Crippen molar-refractivity contribution < 1.29 is 19.2 Å². The summed E-state index contributed by atoms with van der Waals surface area (Å²) in [6.45, 7) is 0.201. The van der Waals surface area contributed by atoms with Gasteiger partial charge in [-0.05, 0) is 57.9 Å². The topological polar surface area (TPSA) is 103 Å². The second-order valence-corrected chi connectivity index (χ2v) is 10.1. The number of ether oxygens (including phenoxy) is 2. The molecule has 12 heteroatoms. The maximum Gasteiger partial charge on any atom is 0.281 e. The van der Waals surface area contributed by atoms with Gasteiger partial charge in [0.1, 0.15) is 6.61 Å². The molecule has 0 radical (unpaired) electrons. The van der Waals surface area contributed by atoms with Gasteiger partial charge in [-0.3, -0.25) is 14.9 Å². The highest BCUT2D eigenvalue weighted by atomic mass is 79.9. The highest BCUT2D eigenvalue weighted by Gasteiger charge is 2.14. The summed E-state index contributed by atoms with van der Waals surface area (Å²) in [7, 11) is 1.51. The van der Waals surface area contributed by atoms with Crippen LogP contribution < -0.4 is 14.9 Å². The average molecular weight is 609 g/mol. The largest absolute Gasteiger partial charge is 0.493 e. The Labute approximate surface area is 227 Å². The molecule has 8 nitrogen and oxygen atoms in total. The fourth-order valence-electron chi connectivity index (χ4n) is 3.22. The van der Waals surface area contributed by atoms with E-state index in [-0.39, 0.29) is 12.3 Å². The summed E-state index contributed by atoms with van der Waals surface area (Å²) in [5.41, 5.74) is 3.84. The van der Waals surface area contributed by atoms with E-state index < -0.39 is 10.8 Å². The molecule has 0 saturated heterocycles. The number of nitro benzene ring substituents is 1. The molecular formula is C24H16BrCl2N3O5S. The van der Waals surface area contributed by atoms with Crippen molar-refractivity contribution in [2.24, 2.45) is 5.10 Å². The molecule has 0 atom stereocenters. The summed E-state index contributed by atoms with van der Waals surface area (Å²) in [4.78, 5) is 23.4. The van der Waals surface area contributed by atoms with E-state index in [4.69, 9.17) is 32.7 Å². The Kier molecular flexibility index (Phi) is 8.10. The van der Waals surface area contributed by atoms with Crippen LogP contribution in [0.5, 0.6) is 11.5 Å². The molecule has 0 unspecified atom stereocenters. The maximum atomic E-state index is 12.5. The van der Waals surface area contributed by atoms with Crippen molar-refractivity contribution in [1.29, 1.82) is 0 Å². The smallest absolute Gasteiger partial charge is 0.281 e. The SMILES string of the molecule is COc1cc(/C=N\NC(=O)c2cc3cc([N+](=O)[O-])ccc3s2)cc(Br)c1OCc1ccc(Cl)cc1Cl. The number of hydrazone groups is 1. The molecule has 0 aliphatic carbocycles. The number of nitrogens with one attached hydrogen (secondary N) is 1. The number of hydrogen-bond donors (Lipinski definition) is 1. The minimum atomic E-state index is -0.476. The Morgan fingerprint density at radius 2 is 2.00 bits per heavy atom. The minimum Gasteiger partial charge on any atom is -0.493 e. The molecule has 1 heterocycles. The number of thiophene rings is 1. The van der Waals surface area contributed by atoms with Crippen LogP contribution in [0, 0.1) is 10.1 Å². The molecule has 0 spiro atoms. The van der Waals surface area contributed by atoms with Gasteiger partial charge < -0.3 is 9.47 Å². The molecule has 0 fully saturated rings. The van der Waals surface area contributed by atoms with Crippen LogP contribution in [0.3, 0.4) is 0 Å². The van der Waals surface area contributed by atoms with E-state index >= 15 is 0 Å². The fraction of sp³-hybridized carbons (Fsp3) is 0.0833. The van der Waals surface area contributed by atoms with E-state index in [2.05, 4.69) is 26.5 Å². The molecule has 4 aromatic rings. The first-order valence-corrected chi connectivity index (χ1v) is 12.6. The van der Waals surface area contributed by atoms with E-state index in [0.29, 0.717) is 41.8 Å². The summed E-state index contributed by atoms with van der Waals surface area (Å²) in [5, 5.41) is 16.6. The van der Waals surface area contributed by atoms with Gasteiger partial charge >= 0.3 is 0 Å². The van der Waals surface area contributed by atoms with Crippen molar-refractivity contribution in [2.45, 2.75) is 6.61 Å². The van der Waals surface area contributed by atoms with Gasteiger partial charge in [0.2, 0.25) is 0 Å². The van der Waals surface area contributed by atoms with Gasteiger partial charge in [0, 0.05) is 37.8 Å². The van der Waals surface area contributed by atoms with Crippen LogP contribution in [-0.2, 0) is 6.61 Å². The van der Waals surface area contributed by atoms with Crippen molar-refractivity contribution in [3.63, 3.8) is 0 Å². The van der Waals surface area contributed by atoms with Crippen LogP contribution in [0.25, 0.3) is 10.1 Å². The third kappa shape index (κ3) is 5.96. The van der Waals surface area contributed by atoms with Crippen LogP contribution in [0.1, 0.15) is 20.8 Å². The molecule has 0 aliphatic rings. The van der Waals surface area contributed by atoms with Crippen molar-refractivity contribution in [2.75, 3.05) is 7.11 Å². The maximum absolute atomic E-state index is 12.5. The second-order valence-electron chi connectivity index (χ2n) is 7.35. The van der Waals surface area contributed by atoms with E-state index in [0.717, 1.165) is 10.3 Å². The summed E-state index contributed by atoms with van der Waals surface area (Å²) in [6, 6.07) is 14.7. The molecule has 4 rings (SSSR count). The molecule has 1 N–H and O–H groups in total. The number of rotatable bonds is 8. The number of fused-ring (bicyclic) bond motifs is 1. The van der Waals surface area contributed by atoms with Crippen LogP contribution in [-0.4, -0.2) is 24.2 Å². The number of nitro groups is 1. The Bertz CT molecular complexity index is 1510. The molecule has 36 heavy (non-hydrogen) atoms. The van der Waals surface area contributed by atoms with Crippen molar-refractivity contribution in [1.82, 2.24) is 5.43 Å². The van der Waals surface area contributed by atoms with Gasteiger partial charge in [0.25, 0.3) is 11.6 Å². The average Bonchev–Trinajstić information content (AvgIpc) is 3.27. The Morgan fingerprint density at radius 3 is 2.72 bits per heavy atom. The van der Waals surface area contributed by atoms with Gasteiger partial charge in [-0.15, -0.1) is 11.3 Å². The predicted molar refractivity (Wildman–Crippen MR) is 145 cm³/mol. The lowest BCUT2D eigenvalue weighted by Gasteiger charge is -2.14. The molecule has 0 aliphatic heterocycles. The van der Waals surface area contributed by atoms with Crippen molar-refractivity contribution >= 4 is 78.4 Å². The molecule has 0 bridgehead atoms. The number of carbonyl (C=O) groups is 1. The van der Waals surface area contributed by atoms with Crippen LogP contribution in [0.15, 0.2) is 64.2 Å². The van der Waals surface area contributed by atoms with Gasteiger partial charge in [0.15, 0.2) is 11.5 Å². The number of non-ortho nitro benzene ring substituents is 1. The molecule has 1 aromatic heterocycles. The first kappa shape index (κ1) is 25.9. The van der Waals surface area contributed by atoms with E-state index in [9.17, 15) is 14.9 Å². The van der Waals surface area contributed by atoms with Gasteiger partial charge in [0.05, 0.1) is 27.6 Å². The lowest BCUT2D eigenvalue weighted by atomic mass is 10.2. The zero-order valence-electron chi connectivity index (χ0n) is 18.5. The molecular weight excluding hydrogens is 593 g/mol. The number of methoxy groups -OCH3 is 1. The molecule has 1 amide bonds. The summed E-state index contributed by atoms with van der Waals surface area (Å²) < 4.78 is 12.8. The quantitative estimate of drug-likeness (QED) is 0.129. The van der Waals surface area contributed by atoms with E-state index in [1.807, 2.05) is 0 Å². The summed E-state index contributed by atoms with van der Waals surface area (Å²) in [6.07, 6.45) is 1.46. The lowest BCUT2D eigenvalue weighted by Crippen LogP contribution is -2.16. The van der Waals surface area contributed by atoms with Crippen LogP contribution in [0.4, 0.5) is 5.69 Å². The first-order chi connectivity index (χ1) is 17.2. The third-order valence-electron chi connectivity index (χ3n) is 4.95. The molecule has 0 saturated carbocycles. The number of amides is 1. The number of halogens is 3. The summed E-state index contributed by atoms with van der Waals surface area (Å²) >= 11 is 16.9.